The number of carbonyl (C=O) groups is 2. The van der Waals surface area contributed by atoms with Crippen LogP contribution in [0.15, 0.2) is 36.4 Å². The van der Waals surface area contributed by atoms with Gasteiger partial charge in [-0.3, -0.25) is 9.59 Å². The number of rotatable bonds is 5. The van der Waals surface area contributed by atoms with Crippen molar-refractivity contribution in [2.45, 2.75) is 19.4 Å². The van der Waals surface area contributed by atoms with Gasteiger partial charge >= 0.3 is 0 Å². The molecular formula is C22H15F4NO3S. The summed E-state index contributed by atoms with van der Waals surface area (Å²) < 4.78 is 60.9. The van der Waals surface area contributed by atoms with Gasteiger partial charge in [-0.25, -0.2) is 17.6 Å². The van der Waals surface area contributed by atoms with Crippen molar-refractivity contribution in [3.05, 3.63) is 75.7 Å². The van der Waals surface area contributed by atoms with Crippen LogP contribution in [0.4, 0.5) is 17.6 Å². The second kappa shape index (κ2) is 8.14. The van der Waals surface area contributed by atoms with E-state index in [2.05, 4.69) is 5.32 Å². The Morgan fingerprint density at radius 2 is 1.84 bits per heavy atom. The van der Waals surface area contributed by atoms with Crippen molar-refractivity contribution in [1.82, 2.24) is 5.32 Å². The Labute approximate surface area is 178 Å². The zero-order valence-electron chi connectivity index (χ0n) is 16.1. The molecule has 9 heteroatoms. The van der Waals surface area contributed by atoms with Crippen molar-refractivity contribution in [1.29, 1.82) is 0 Å². The van der Waals surface area contributed by atoms with E-state index in [1.165, 1.54) is 30.4 Å². The summed E-state index contributed by atoms with van der Waals surface area (Å²) in [4.78, 5) is 24.9. The lowest BCUT2D eigenvalue weighted by molar-refractivity contribution is 0.0923. The number of ether oxygens (including phenoxy) is 1. The van der Waals surface area contributed by atoms with E-state index in [1.807, 2.05) is 0 Å². The zero-order chi connectivity index (χ0) is 22.3. The quantitative estimate of drug-likeness (QED) is 0.342. The zero-order valence-corrected chi connectivity index (χ0v) is 16.9. The van der Waals surface area contributed by atoms with Gasteiger partial charge in [0.2, 0.25) is 0 Å². The Morgan fingerprint density at radius 3 is 2.55 bits per heavy atom. The molecule has 3 aromatic rings. The van der Waals surface area contributed by atoms with Crippen LogP contribution in [0.25, 0.3) is 10.4 Å². The van der Waals surface area contributed by atoms with Crippen molar-refractivity contribution >= 4 is 23.0 Å². The summed E-state index contributed by atoms with van der Waals surface area (Å²) in [6.45, 7) is 1.30. The second-order valence-corrected chi connectivity index (χ2v) is 8.12. The molecule has 0 spiro atoms. The molecule has 31 heavy (non-hydrogen) atoms. The number of halogens is 4. The minimum Gasteiger partial charge on any atom is -0.487 e. The van der Waals surface area contributed by atoms with Gasteiger partial charge in [-0.15, -0.1) is 11.3 Å². The Kier molecular flexibility index (Phi) is 5.53. The summed E-state index contributed by atoms with van der Waals surface area (Å²) in [5.41, 5.74) is 0.0243. The van der Waals surface area contributed by atoms with E-state index in [0.717, 1.165) is 0 Å². The van der Waals surface area contributed by atoms with Crippen LogP contribution in [0.5, 0.6) is 5.75 Å². The second-order valence-electron chi connectivity index (χ2n) is 7.03. The average molecular weight is 449 g/mol. The maximum atomic E-state index is 14.2. The lowest BCUT2D eigenvalue weighted by Crippen LogP contribution is -2.35. The van der Waals surface area contributed by atoms with Gasteiger partial charge in [0.25, 0.3) is 5.91 Å². The van der Waals surface area contributed by atoms with E-state index < -0.39 is 40.8 Å². The first-order valence-electron chi connectivity index (χ1n) is 9.26. The topological polar surface area (TPSA) is 55.4 Å². The Hall–Kier alpha value is -3.20. The molecule has 1 aromatic heterocycles. The van der Waals surface area contributed by atoms with Crippen LogP contribution in [0.2, 0.25) is 0 Å². The highest BCUT2D eigenvalue weighted by Crippen LogP contribution is 2.42. The summed E-state index contributed by atoms with van der Waals surface area (Å²) in [7, 11) is 0. The molecule has 0 fully saturated rings. The van der Waals surface area contributed by atoms with Crippen LogP contribution < -0.4 is 10.1 Å². The number of nitrogens with one attached hydrogen (secondary N) is 1. The first-order chi connectivity index (χ1) is 14.7. The predicted molar refractivity (Wildman–Crippen MR) is 106 cm³/mol. The number of ketones is 1. The molecule has 1 amide bonds. The first kappa shape index (κ1) is 21.0. The van der Waals surface area contributed by atoms with Crippen molar-refractivity contribution in [3.8, 4) is 16.2 Å². The fourth-order valence-corrected chi connectivity index (χ4v) is 4.31. The number of fused-ring (bicyclic) bond motifs is 1. The molecule has 0 saturated heterocycles. The summed E-state index contributed by atoms with van der Waals surface area (Å²) in [5.74, 6) is -5.39. The number of benzene rings is 2. The number of Topliss-reactive ketones (excluding diaryl/α,β-unsaturated/α-hetero) is 1. The molecule has 1 unspecified atom stereocenters. The van der Waals surface area contributed by atoms with Gasteiger partial charge in [-0.05, 0) is 43.3 Å². The molecule has 4 rings (SSSR count). The van der Waals surface area contributed by atoms with Crippen LogP contribution in [0, 0.1) is 23.3 Å². The third-order valence-electron chi connectivity index (χ3n) is 4.84. The van der Waals surface area contributed by atoms with E-state index in [9.17, 15) is 27.2 Å². The van der Waals surface area contributed by atoms with Crippen molar-refractivity contribution < 1.29 is 31.9 Å². The normalized spacial score (nSPS) is 14.8. The van der Waals surface area contributed by atoms with Crippen LogP contribution in [0.1, 0.15) is 32.5 Å². The largest absolute Gasteiger partial charge is 0.487 e. The number of hydrogen-bond donors (Lipinski definition) is 1. The molecule has 0 radical (unpaired) electrons. The molecule has 1 aliphatic rings. The minimum absolute atomic E-state index is 0.109. The van der Waals surface area contributed by atoms with E-state index in [1.54, 1.807) is 12.1 Å². The van der Waals surface area contributed by atoms with Crippen molar-refractivity contribution in [3.63, 3.8) is 0 Å². The van der Waals surface area contributed by atoms with Crippen LogP contribution in [0.3, 0.4) is 0 Å². The summed E-state index contributed by atoms with van der Waals surface area (Å²) in [6, 6.07) is 7.22. The highest BCUT2D eigenvalue weighted by atomic mass is 32.1. The minimum atomic E-state index is -1.57. The fourth-order valence-electron chi connectivity index (χ4n) is 3.39. The molecule has 2 aromatic carbocycles. The van der Waals surface area contributed by atoms with Gasteiger partial charge < -0.3 is 10.1 Å². The highest BCUT2D eigenvalue weighted by molar-refractivity contribution is 7.17. The van der Waals surface area contributed by atoms with Crippen LogP contribution in [-0.4, -0.2) is 24.3 Å². The third-order valence-corrected chi connectivity index (χ3v) is 6.06. The molecule has 1 aliphatic heterocycles. The summed E-state index contributed by atoms with van der Waals surface area (Å²) in [5, 5.41) is 2.33. The maximum Gasteiger partial charge on any atom is 0.257 e. The highest BCUT2D eigenvalue weighted by Gasteiger charge is 2.29. The van der Waals surface area contributed by atoms with Crippen LogP contribution in [-0.2, 0) is 6.42 Å². The lowest BCUT2D eigenvalue weighted by Gasteiger charge is -2.14. The Morgan fingerprint density at radius 1 is 1.10 bits per heavy atom. The molecule has 160 valence electrons. The van der Waals surface area contributed by atoms with Gasteiger partial charge in [0.05, 0.1) is 11.4 Å². The number of thiophene rings is 1. The molecule has 1 N–H and O–H groups in total. The van der Waals surface area contributed by atoms with E-state index in [-0.39, 0.29) is 18.7 Å². The third kappa shape index (κ3) is 4.05. The Bertz CT molecular complexity index is 1210. The Balaban J connectivity index is 1.52. The lowest BCUT2D eigenvalue weighted by atomic mass is 10.0. The number of hydrogen-bond acceptors (Lipinski definition) is 4. The van der Waals surface area contributed by atoms with Crippen LogP contribution >= 0.6 is 11.3 Å². The average Bonchev–Trinajstić information content (AvgIpc) is 3.36. The summed E-state index contributed by atoms with van der Waals surface area (Å²) in [6.07, 6.45) is -0.370. The van der Waals surface area contributed by atoms with E-state index in [0.29, 0.717) is 38.8 Å². The SMILES string of the molecule is CC(=O)c1ccc(-c2cc(F)cc3c2OC(CNC(=O)c2c(F)ccc(F)c2F)C3)s1. The standard InChI is InChI=1S/C22H15F4NO3S/c1-10(28)17-4-5-18(31-17)14-8-12(23)6-11-7-13(30-21(11)14)9-27-22(29)19-15(24)2-3-16(25)20(19)26/h2-6,8,13H,7,9H2,1H3,(H,27,29). The molecule has 2 heterocycles. The van der Waals surface area contributed by atoms with Crippen molar-refractivity contribution in [2.24, 2.45) is 0 Å². The van der Waals surface area contributed by atoms with Gasteiger partial charge in [0.1, 0.15) is 29.1 Å². The maximum absolute atomic E-state index is 14.2. The number of amides is 1. The van der Waals surface area contributed by atoms with E-state index in [4.69, 9.17) is 4.74 Å². The fraction of sp³-hybridized carbons (Fsp3) is 0.182. The molecule has 0 bridgehead atoms. The smallest absolute Gasteiger partial charge is 0.257 e. The van der Waals surface area contributed by atoms with E-state index >= 15 is 0 Å². The molecule has 0 aliphatic carbocycles. The predicted octanol–water partition coefficient (Wildman–Crippen LogP) is 4.91. The molecule has 4 nitrogen and oxygen atoms in total. The van der Waals surface area contributed by atoms with Gasteiger partial charge in [-0.1, -0.05) is 0 Å². The van der Waals surface area contributed by atoms with Crippen molar-refractivity contribution in [2.75, 3.05) is 6.54 Å². The monoisotopic (exact) mass is 449 g/mol. The van der Waals surface area contributed by atoms with Gasteiger partial charge in [0, 0.05) is 22.4 Å². The molecule has 0 saturated carbocycles. The van der Waals surface area contributed by atoms with Gasteiger partial charge in [0.15, 0.2) is 17.4 Å². The molecule has 1 atom stereocenters. The first-order valence-corrected chi connectivity index (χ1v) is 10.1. The molecular weight excluding hydrogens is 434 g/mol. The summed E-state index contributed by atoms with van der Waals surface area (Å²) >= 11 is 1.21. The van der Waals surface area contributed by atoms with Gasteiger partial charge in [-0.2, -0.15) is 0 Å². The number of carbonyl (C=O) groups excluding carboxylic acids is 2.